The van der Waals surface area contributed by atoms with Gasteiger partial charge in [0.1, 0.15) is 5.82 Å². The molecular weight excluding hydrogens is 254 g/mol. The van der Waals surface area contributed by atoms with Crippen LogP contribution in [0.4, 0.5) is 0 Å². The van der Waals surface area contributed by atoms with Crippen LogP contribution in [0, 0.1) is 0 Å². The van der Waals surface area contributed by atoms with Crippen molar-refractivity contribution >= 4 is 11.3 Å². The maximum Gasteiger partial charge on any atom is 0.110 e. The van der Waals surface area contributed by atoms with Crippen LogP contribution in [-0.2, 0) is 25.8 Å². The summed E-state index contributed by atoms with van der Waals surface area (Å²) in [4.78, 5) is 7.34. The third kappa shape index (κ3) is 2.60. The van der Waals surface area contributed by atoms with Crippen molar-refractivity contribution < 1.29 is 0 Å². The molecule has 0 aromatic carbocycles. The second-order valence-corrected chi connectivity index (χ2v) is 6.47. The van der Waals surface area contributed by atoms with Gasteiger partial charge in [-0.15, -0.1) is 11.3 Å². The van der Waals surface area contributed by atoms with Gasteiger partial charge in [0.2, 0.25) is 0 Å². The Hall–Kier alpha value is -1.13. The van der Waals surface area contributed by atoms with E-state index in [9.17, 15) is 0 Å². The maximum absolute atomic E-state index is 6.37. The Labute approximate surface area is 118 Å². The molecular formula is C15H21N3S. The molecule has 0 fully saturated rings. The fourth-order valence-electron chi connectivity index (χ4n) is 2.81. The molecule has 1 atom stereocenters. The van der Waals surface area contributed by atoms with Gasteiger partial charge in [-0.1, -0.05) is 6.92 Å². The highest BCUT2D eigenvalue weighted by molar-refractivity contribution is 7.12. The standard InChI is InChI=1S/C15H21N3S/c1-2-7-18-8-6-17-15(18)10-12(16)14-9-11-4-3-5-13(11)19-14/h6,8-9,12H,2-5,7,10,16H2,1H3. The molecule has 2 aromatic heterocycles. The second-order valence-electron chi connectivity index (χ2n) is 5.30. The molecule has 4 heteroatoms. The highest BCUT2D eigenvalue weighted by Crippen LogP contribution is 2.33. The molecule has 0 bridgehead atoms. The number of aryl methyl sites for hydroxylation is 3. The van der Waals surface area contributed by atoms with Crippen molar-refractivity contribution in [2.45, 2.75) is 51.6 Å². The molecule has 0 saturated carbocycles. The van der Waals surface area contributed by atoms with Crippen molar-refractivity contribution in [2.24, 2.45) is 5.73 Å². The molecule has 1 aliphatic carbocycles. The zero-order valence-electron chi connectivity index (χ0n) is 11.4. The molecule has 102 valence electrons. The van der Waals surface area contributed by atoms with E-state index >= 15 is 0 Å². The number of imidazole rings is 1. The van der Waals surface area contributed by atoms with Gasteiger partial charge in [0.15, 0.2) is 0 Å². The smallest absolute Gasteiger partial charge is 0.110 e. The van der Waals surface area contributed by atoms with Gasteiger partial charge in [-0.25, -0.2) is 4.98 Å². The molecule has 2 heterocycles. The van der Waals surface area contributed by atoms with Crippen LogP contribution in [0.25, 0.3) is 0 Å². The SMILES string of the molecule is CCCn1ccnc1CC(N)c1cc2c(s1)CCC2. The Balaban J connectivity index is 1.73. The van der Waals surface area contributed by atoms with Crippen LogP contribution in [-0.4, -0.2) is 9.55 Å². The number of hydrogen-bond donors (Lipinski definition) is 1. The predicted octanol–water partition coefficient (Wildman–Crippen LogP) is 3.09. The first-order chi connectivity index (χ1) is 9.28. The Morgan fingerprint density at radius 3 is 3.16 bits per heavy atom. The number of thiophene rings is 1. The summed E-state index contributed by atoms with van der Waals surface area (Å²) in [7, 11) is 0. The number of nitrogens with zero attached hydrogens (tertiary/aromatic N) is 2. The fourth-order valence-corrected chi connectivity index (χ4v) is 4.07. The van der Waals surface area contributed by atoms with Crippen LogP contribution in [0.5, 0.6) is 0 Å². The first kappa shape index (κ1) is 12.9. The van der Waals surface area contributed by atoms with Crippen LogP contribution in [0.2, 0.25) is 0 Å². The summed E-state index contributed by atoms with van der Waals surface area (Å²) in [5, 5.41) is 0. The Kier molecular flexibility index (Phi) is 3.71. The number of aromatic nitrogens is 2. The minimum Gasteiger partial charge on any atom is -0.335 e. The molecule has 2 N–H and O–H groups in total. The van der Waals surface area contributed by atoms with Crippen molar-refractivity contribution in [3.8, 4) is 0 Å². The van der Waals surface area contributed by atoms with Crippen LogP contribution >= 0.6 is 11.3 Å². The lowest BCUT2D eigenvalue weighted by atomic mass is 10.1. The van der Waals surface area contributed by atoms with Crippen molar-refractivity contribution in [1.29, 1.82) is 0 Å². The Morgan fingerprint density at radius 2 is 2.37 bits per heavy atom. The molecule has 2 aromatic rings. The van der Waals surface area contributed by atoms with Crippen molar-refractivity contribution in [2.75, 3.05) is 0 Å². The molecule has 3 rings (SSSR count). The first-order valence-electron chi connectivity index (χ1n) is 7.15. The molecule has 1 unspecified atom stereocenters. The molecule has 0 radical (unpaired) electrons. The van der Waals surface area contributed by atoms with Gasteiger partial charge in [0, 0.05) is 41.2 Å². The molecule has 3 nitrogen and oxygen atoms in total. The van der Waals surface area contributed by atoms with Gasteiger partial charge in [-0.2, -0.15) is 0 Å². The average molecular weight is 275 g/mol. The summed E-state index contributed by atoms with van der Waals surface area (Å²) in [6.45, 7) is 3.22. The number of rotatable bonds is 5. The van der Waals surface area contributed by atoms with Crippen molar-refractivity contribution in [3.05, 3.63) is 39.6 Å². The zero-order chi connectivity index (χ0) is 13.2. The quantitative estimate of drug-likeness (QED) is 0.911. The van der Waals surface area contributed by atoms with Crippen molar-refractivity contribution in [3.63, 3.8) is 0 Å². The third-order valence-corrected chi connectivity index (χ3v) is 5.17. The Morgan fingerprint density at radius 1 is 1.47 bits per heavy atom. The summed E-state index contributed by atoms with van der Waals surface area (Å²) in [6.07, 6.45) is 9.71. The van der Waals surface area contributed by atoms with E-state index in [0.29, 0.717) is 0 Å². The third-order valence-electron chi connectivity index (χ3n) is 3.80. The van der Waals surface area contributed by atoms with Gasteiger partial charge >= 0.3 is 0 Å². The van der Waals surface area contributed by atoms with E-state index in [1.165, 1.54) is 29.7 Å². The lowest BCUT2D eigenvalue weighted by Gasteiger charge is -2.11. The highest BCUT2D eigenvalue weighted by atomic mass is 32.1. The van der Waals surface area contributed by atoms with E-state index in [4.69, 9.17) is 5.73 Å². The lowest BCUT2D eigenvalue weighted by molar-refractivity contribution is 0.602. The average Bonchev–Trinajstić information content (AvgIpc) is 3.04. The molecule has 0 saturated heterocycles. The minimum atomic E-state index is 0.0913. The second kappa shape index (κ2) is 5.47. The van der Waals surface area contributed by atoms with Crippen LogP contribution < -0.4 is 5.73 Å². The van der Waals surface area contributed by atoms with Gasteiger partial charge in [-0.05, 0) is 37.3 Å². The van der Waals surface area contributed by atoms with Crippen LogP contribution in [0.1, 0.15) is 46.9 Å². The molecule has 0 aliphatic heterocycles. The van der Waals surface area contributed by atoms with Crippen LogP contribution in [0.15, 0.2) is 18.5 Å². The number of hydrogen-bond acceptors (Lipinski definition) is 3. The van der Waals surface area contributed by atoms with Crippen molar-refractivity contribution in [1.82, 2.24) is 9.55 Å². The molecule has 0 amide bonds. The highest BCUT2D eigenvalue weighted by Gasteiger charge is 2.19. The topological polar surface area (TPSA) is 43.8 Å². The monoisotopic (exact) mass is 275 g/mol. The van der Waals surface area contributed by atoms with Gasteiger partial charge in [0.05, 0.1) is 0 Å². The summed E-state index contributed by atoms with van der Waals surface area (Å²) >= 11 is 1.91. The Bertz CT molecular complexity index is 534. The summed E-state index contributed by atoms with van der Waals surface area (Å²) < 4.78 is 2.22. The largest absolute Gasteiger partial charge is 0.335 e. The van der Waals surface area contributed by atoms with Gasteiger partial charge in [0.25, 0.3) is 0 Å². The molecule has 19 heavy (non-hydrogen) atoms. The first-order valence-corrected chi connectivity index (χ1v) is 7.96. The van der Waals surface area contributed by atoms with E-state index in [-0.39, 0.29) is 6.04 Å². The number of fused-ring (bicyclic) bond motifs is 1. The summed E-state index contributed by atoms with van der Waals surface area (Å²) in [6, 6.07) is 2.42. The summed E-state index contributed by atoms with van der Waals surface area (Å²) in [5.74, 6) is 1.11. The van der Waals surface area contributed by atoms with E-state index in [2.05, 4.69) is 28.7 Å². The number of nitrogens with two attached hydrogens (primary N) is 1. The van der Waals surface area contributed by atoms with Gasteiger partial charge in [-0.3, -0.25) is 0 Å². The summed E-state index contributed by atoms with van der Waals surface area (Å²) in [5.41, 5.74) is 7.90. The normalized spacial score (nSPS) is 15.7. The lowest BCUT2D eigenvalue weighted by Crippen LogP contribution is -2.15. The molecule has 1 aliphatic rings. The van der Waals surface area contributed by atoms with E-state index < -0.39 is 0 Å². The van der Waals surface area contributed by atoms with Crippen LogP contribution in [0.3, 0.4) is 0 Å². The predicted molar refractivity (Wildman–Crippen MR) is 79.5 cm³/mol. The van der Waals surface area contributed by atoms with E-state index in [0.717, 1.165) is 25.2 Å². The molecule has 0 spiro atoms. The van der Waals surface area contributed by atoms with E-state index in [1.54, 1.807) is 4.88 Å². The minimum absolute atomic E-state index is 0.0913. The zero-order valence-corrected chi connectivity index (χ0v) is 12.2. The van der Waals surface area contributed by atoms with E-state index in [1.807, 2.05) is 17.5 Å². The fraction of sp³-hybridized carbons (Fsp3) is 0.533. The van der Waals surface area contributed by atoms with Gasteiger partial charge < -0.3 is 10.3 Å². The maximum atomic E-state index is 6.37.